The minimum atomic E-state index is 0. The van der Waals surface area contributed by atoms with Gasteiger partial charge in [0, 0.05) is 0 Å². The van der Waals surface area contributed by atoms with Crippen LogP contribution in [0.3, 0.4) is 0 Å². The summed E-state index contributed by atoms with van der Waals surface area (Å²) in [5.74, 6) is 0. The van der Waals surface area contributed by atoms with Crippen molar-refractivity contribution in [3.63, 3.8) is 0 Å². The molecule has 0 spiro atoms. The van der Waals surface area contributed by atoms with E-state index < -0.39 is 0 Å². The fourth-order valence-electron chi connectivity index (χ4n) is 0. The second kappa shape index (κ2) is 15.8. The molecule has 0 nitrogen and oxygen atoms in total. The summed E-state index contributed by atoms with van der Waals surface area (Å²) < 4.78 is 0. The minimum Gasteiger partial charge on any atom is 2.00 e. The van der Waals surface area contributed by atoms with Gasteiger partial charge in [0.2, 0.25) is 0 Å². The SMILES string of the molecule is [Ca+2].[Ca+2].[Mg+2].[Zn+2]. The van der Waals surface area contributed by atoms with Crippen molar-refractivity contribution in [2.75, 3.05) is 0 Å². The van der Waals surface area contributed by atoms with Gasteiger partial charge in [0.05, 0.1) is 0 Å². The molecule has 0 radical (unpaired) electrons. The van der Waals surface area contributed by atoms with Crippen molar-refractivity contribution in [1.29, 1.82) is 0 Å². The molecule has 4 heavy (non-hydrogen) atoms. The smallest absolute Gasteiger partial charge is 2.00 e. The first-order chi connectivity index (χ1) is 0. The van der Waals surface area contributed by atoms with E-state index >= 15 is 0 Å². The van der Waals surface area contributed by atoms with E-state index in [2.05, 4.69) is 0 Å². The van der Waals surface area contributed by atoms with Crippen molar-refractivity contribution in [3.8, 4) is 0 Å². The normalized spacial score (nSPS) is 0. The van der Waals surface area contributed by atoms with E-state index in [4.69, 9.17) is 0 Å². The van der Waals surface area contributed by atoms with E-state index in [1.165, 1.54) is 0 Å². The van der Waals surface area contributed by atoms with E-state index in [-0.39, 0.29) is 118 Å². The molecule has 0 aromatic rings. The van der Waals surface area contributed by atoms with E-state index in [1.807, 2.05) is 0 Å². The number of rotatable bonds is 0. The van der Waals surface area contributed by atoms with Crippen molar-refractivity contribution >= 4 is 98.5 Å². The fourth-order valence-corrected chi connectivity index (χ4v) is 0. The largest absolute Gasteiger partial charge is 2.00 e. The van der Waals surface area contributed by atoms with Gasteiger partial charge in [-0.2, -0.15) is 0 Å². The van der Waals surface area contributed by atoms with Gasteiger partial charge in [0.15, 0.2) is 0 Å². The van der Waals surface area contributed by atoms with E-state index in [0.717, 1.165) is 0 Å². The van der Waals surface area contributed by atoms with Gasteiger partial charge in [-0.3, -0.25) is 0 Å². The van der Waals surface area contributed by atoms with Crippen LogP contribution in [0.4, 0.5) is 0 Å². The first-order valence-electron chi connectivity index (χ1n) is 0. The second-order valence-corrected chi connectivity index (χ2v) is 0. The van der Waals surface area contributed by atoms with Crippen LogP contribution in [0.25, 0.3) is 0 Å². The molecular weight excluding hydrogens is 170 g/mol. The summed E-state index contributed by atoms with van der Waals surface area (Å²) in [5, 5.41) is 0. The van der Waals surface area contributed by atoms with Crippen LogP contribution in [0.2, 0.25) is 0 Å². The van der Waals surface area contributed by atoms with E-state index in [9.17, 15) is 0 Å². The third-order valence-corrected chi connectivity index (χ3v) is 0. The molecule has 0 bridgehead atoms. The Labute approximate surface area is 115 Å². The Hall–Kier alpha value is 3.91. The zero-order valence-electron chi connectivity index (χ0n) is 2.83. The molecule has 0 heterocycles. The average molecular weight is 170 g/mol. The van der Waals surface area contributed by atoms with Crippen LogP contribution in [0, 0.1) is 0 Å². The second-order valence-electron chi connectivity index (χ2n) is 0. The van der Waals surface area contributed by atoms with Crippen LogP contribution in [0.5, 0.6) is 0 Å². The molecule has 0 aromatic carbocycles. The summed E-state index contributed by atoms with van der Waals surface area (Å²) in [6.07, 6.45) is 0. The third-order valence-electron chi connectivity index (χ3n) is 0. The molecule has 4 heteroatoms. The van der Waals surface area contributed by atoms with Crippen LogP contribution in [0.1, 0.15) is 0 Å². The van der Waals surface area contributed by atoms with Crippen LogP contribution < -0.4 is 0 Å². The molecule has 0 aliphatic rings. The quantitative estimate of drug-likeness (QED) is 0.403. The van der Waals surface area contributed by atoms with Gasteiger partial charge in [-0.25, -0.2) is 0 Å². The van der Waals surface area contributed by atoms with E-state index in [1.54, 1.807) is 0 Å². The molecule has 0 valence electrons. The first kappa shape index (κ1) is 24.7. The molecule has 0 unspecified atom stereocenters. The van der Waals surface area contributed by atoms with Crippen molar-refractivity contribution in [1.82, 2.24) is 0 Å². The van der Waals surface area contributed by atoms with E-state index in [0.29, 0.717) is 0 Å². The Balaban J connectivity index is 0. The zero-order valence-corrected chi connectivity index (χ0v) is 11.6. The molecule has 0 saturated carbocycles. The minimum absolute atomic E-state index is 0. The maximum absolute atomic E-state index is 0. The van der Waals surface area contributed by atoms with Crippen molar-refractivity contribution < 1.29 is 19.5 Å². The summed E-state index contributed by atoms with van der Waals surface area (Å²) in [6.45, 7) is 0. The Morgan fingerprint density at radius 2 is 0.750 bits per heavy atom. The van der Waals surface area contributed by atoms with Crippen molar-refractivity contribution in [2.45, 2.75) is 0 Å². The Bertz CT molecular complexity index is 6.00. The third kappa shape index (κ3) is 9.32. The van der Waals surface area contributed by atoms with Crippen LogP contribution >= 0.6 is 0 Å². The van der Waals surface area contributed by atoms with Crippen LogP contribution in [-0.2, 0) is 19.5 Å². The molecule has 0 amide bonds. The maximum Gasteiger partial charge on any atom is 2.00 e. The Kier molecular flexibility index (Phi) is 97.5. The summed E-state index contributed by atoms with van der Waals surface area (Å²) >= 11 is 0. The first-order valence-corrected chi connectivity index (χ1v) is 0. The van der Waals surface area contributed by atoms with Gasteiger partial charge in [-0.15, -0.1) is 0 Å². The number of hydrogen-bond acceptors (Lipinski definition) is 0. The van der Waals surface area contributed by atoms with Gasteiger partial charge in [0.25, 0.3) is 0 Å². The molecule has 0 rings (SSSR count). The topological polar surface area (TPSA) is 0 Å². The molecule has 0 saturated heterocycles. The maximum atomic E-state index is 0. The standard InChI is InChI=1S/2Ca.Mg.Zn/q4*+2. The Morgan fingerprint density at radius 1 is 0.750 bits per heavy atom. The zero-order chi connectivity index (χ0) is 0. The van der Waals surface area contributed by atoms with Gasteiger partial charge < -0.3 is 0 Å². The summed E-state index contributed by atoms with van der Waals surface area (Å²) in [6, 6.07) is 0. The average Bonchev–Trinajstić information content (AvgIpc) is 0. The predicted octanol–water partition coefficient (Wildman–Crippen LogP) is -1.14. The molecule has 0 atom stereocenters. The van der Waals surface area contributed by atoms with Crippen molar-refractivity contribution in [2.24, 2.45) is 0 Å². The summed E-state index contributed by atoms with van der Waals surface area (Å²) in [7, 11) is 0. The van der Waals surface area contributed by atoms with Crippen LogP contribution in [-0.4, -0.2) is 98.5 Å². The monoisotopic (exact) mass is 168 g/mol. The van der Waals surface area contributed by atoms with Gasteiger partial charge in [0.1, 0.15) is 0 Å². The predicted molar refractivity (Wildman–Crippen MR) is 17.3 cm³/mol. The molecule has 0 aliphatic heterocycles. The fraction of sp³-hybridized carbons (Fsp3) is 0. The molecule has 0 aromatic heterocycles. The molecular formula is Ca2MgZn+8. The van der Waals surface area contributed by atoms with Crippen molar-refractivity contribution in [3.05, 3.63) is 0 Å². The molecule has 0 N–H and O–H groups in total. The Morgan fingerprint density at radius 3 is 0.750 bits per heavy atom. The van der Waals surface area contributed by atoms with Gasteiger partial charge >= 0.3 is 118 Å². The summed E-state index contributed by atoms with van der Waals surface area (Å²) in [4.78, 5) is 0. The number of hydrogen-bond donors (Lipinski definition) is 0. The summed E-state index contributed by atoms with van der Waals surface area (Å²) in [5.41, 5.74) is 0. The van der Waals surface area contributed by atoms with Gasteiger partial charge in [-0.05, 0) is 0 Å². The van der Waals surface area contributed by atoms with Crippen LogP contribution in [0.15, 0.2) is 0 Å². The van der Waals surface area contributed by atoms with Gasteiger partial charge in [-0.1, -0.05) is 0 Å². The molecule has 0 aliphatic carbocycles. The molecule has 0 fully saturated rings.